The van der Waals surface area contributed by atoms with Gasteiger partial charge in [-0.05, 0) is 24.3 Å². The number of rotatable bonds is 6. The number of anilines is 1. The highest BCUT2D eigenvalue weighted by Crippen LogP contribution is 2.38. The maximum absolute atomic E-state index is 11.2. The molecule has 2 aromatic carbocycles. The molecule has 0 fully saturated rings. The largest absolute Gasteiger partial charge is 0.493 e. The van der Waals surface area contributed by atoms with E-state index in [1.807, 2.05) is 37.4 Å². The number of carbonyl (C=O) groups excluding carboxylic acids is 1. The summed E-state index contributed by atoms with van der Waals surface area (Å²) in [6.45, 7) is 1.32. The van der Waals surface area contributed by atoms with Gasteiger partial charge in [0.2, 0.25) is 5.75 Å². The topological polar surface area (TPSA) is 60.4 Å². The number of hydrazone groups is 1. The molecule has 0 unspecified atom stereocenters. The van der Waals surface area contributed by atoms with Crippen molar-refractivity contribution in [1.82, 2.24) is 0 Å². The van der Waals surface area contributed by atoms with E-state index in [4.69, 9.17) is 14.2 Å². The summed E-state index contributed by atoms with van der Waals surface area (Å²) in [5.41, 5.74) is 1.71. The number of benzene rings is 2. The summed E-state index contributed by atoms with van der Waals surface area (Å²) in [4.78, 5) is 11.2. The molecule has 2 rings (SSSR count). The first-order valence-corrected chi connectivity index (χ1v) is 7.32. The van der Waals surface area contributed by atoms with Gasteiger partial charge in [0.15, 0.2) is 11.5 Å². The smallest absolute Gasteiger partial charge is 0.308 e. The lowest BCUT2D eigenvalue weighted by Crippen LogP contribution is -2.09. The fraction of sp³-hybridized carbons (Fsp3) is 0.222. The van der Waals surface area contributed by atoms with Crippen molar-refractivity contribution < 1.29 is 19.0 Å². The van der Waals surface area contributed by atoms with Crippen LogP contribution in [0.5, 0.6) is 17.2 Å². The van der Waals surface area contributed by atoms with Gasteiger partial charge in [-0.25, -0.2) is 0 Å². The van der Waals surface area contributed by atoms with Crippen LogP contribution in [0, 0.1) is 0 Å². The highest BCUT2D eigenvalue weighted by Gasteiger charge is 2.15. The summed E-state index contributed by atoms with van der Waals surface area (Å²) in [5, 5.41) is 6.14. The molecular formula is C18H20N2O4. The molecule has 0 radical (unpaired) electrons. The molecule has 0 spiro atoms. The Hall–Kier alpha value is -3.02. The first-order chi connectivity index (χ1) is 11.5. The molecule has 0 bridgehead atoms. The fourth-order valence-corrected chi connectivity index (χ4v) is 2.08. The third-order valence-corrected chi connectivity index (χ3v) is 3.24. The van der Waals surface area contributed by atoms with Crippen molar-refractivity contribution in [2.24, 2.45) is 5.10 Å². The SMILES string of the molecule is COc1cc(/C=N\N(C)c2ccccc2)cc(OC)c1OC(C)=O. The van der Waals surface area contributed by atoms with Gasteiger partial charge in [-0.2, -0.15) is 5.10 Å². The lowest BCUT2D eigenvalue weighted by molar-refractivity contribution is -0.132. The van der Waals surface area contributed by atoms with Crippen LogP contribution in [0.25, 0.3) is 0 Å². The molecule has 0 saturated carbocycles. The average molecular weight is 328 g/mol. The van der Waals surface area contributed by atoms with Crippen molar-refractivity contribution in [3.05, 3.63) is 48.0 Å². The Morgan fingerprint density at radius 3 is 2.17 bits per heavy atom. The summed E-state index contributed by atoms with van der Waals surface area (Å²) < 4.78 is 15.7. The monoisotopic (exact) mass is 328 g/mol. The van der Waals surface area contributed by atoms with E-state index in [1.54, 1.807) is 23.4 Å². The zero-order chi connectivity index (χ0) is 17.5. The van der Waals surface area contributed by atoms with Gasteiger partial charge < -0.3 is 14.2 Å². The Morgan fingerprint density at radius 1 is 1.08 bits per heavy atom. The molecule has 0 amide bonds. The standard InChI is InChI=1S/C18H20N2O4/c1-13(21)24-18-16(22-3)10-14(11-17(18)23-4)12-19-20(2)15-8-6-5-7-9-15/h5-12H,1-4H3/b19-12-. The second-order valence-corrected chi connectivity index (χ2v) is 4.95. The Bertz CT molecular complexity index is 704. The zero-order valence-corrected chi connectivity index (χ0v) is 14.1. The van der Waals surface area contributed by atoms with Gasteiger partial charge in [0.05, 0.1) is 26.1 Å². The Balaban J connectivity index is 2.30. The van der Waals surface area contributed by atoms with E-state index in [0.717, 1.165) is 11.3 Å². The van der Waals surface area contributed by atoms with Gasteiger partial charge in [0.1, 0.15) is 0 Å². The summed E-state index contributed by atoms with van der Waals surface area (Å²) in [5.74, 6) is 0.597. The Morgan fingerprint density at radius 2 is 1.67 bits per heavy atom. The minimum Gasteiger partial charge on any atom is -0.493 e. The second kappa shape index (κ2) is 8.01. The van der Waals surface area contributed by atoms with Crippen molar-refractivity contribution in [2.45, 2.75) is 6.92 Å². The van der Waals surface area contributed by atoms with Crippen molar-refractivity contribution in [2.75, 3.05) is 26.3 Å². The van der Waals surface area contributed by atoms with Gasteiger partial charge in [-0.3, -0.25) is 9.80 Å². The molecule has 6 nitrogen and oxygen atoms in total. The molecule has 0 N–H and O–H groups in total. The molecule has 6 heteroatoms. The lowest BCUT2D eigenvalue weighted by atomic mass is 10.2. The van der Waals surface area contributed by atoms with Crippen LogP contribution in [-0.2, 0) is 4.79 Å². The van der Waals surface area contributed by atoms with Gasteiger partial charge in [-0.15, -0.1) is 0 Å². The molecule has 0 saturated heterocycles. The zero-order valence-electron chi connectivity index (χ0n) is 14.1. The number of methoxy groups -OCH3 is 2. The number of nitrogens with zero attached hydrogens (tertiary/aromatic N) is 2. The molecule has 2 aromatic rings. The molecule has 126 valence electrons. The normalized spacial score (nSPS) is 10.5. The van der Waals surface area contributed by atoms with Crippen molar-refractivity contribution in [3.63, 3.8) is 0 Å². The van der Waals surface area contributed by atoms with Gasteiger partial charge in [0.25, 0.3) is 0 Å². The molecular weight excluding hydrogens is 308 g/mol. The number of hydrogen-bond acceptors (Lipinski definition) is 6. The molecule has 0 aliphatic carbocycles. The molecule has 0 aliphatic heterocycles. The molecule has 24 heavy (non-hydrogen) atoms. The van der Waals surface area contributed by atoms with E-state index in [0.29, 0.717) is 11.5 Å². The number of para-hydroxylation sites is 1. The predicted octanol–water partition coefficient (Wildman–Crippen LogP) is 3.10. The van der Waals surface area contributed by atoms with Crippen molar-refractivity contribution in [1.29, 1.82) is 0 Å². The number of esters is 1. The van der Waals surface area contributed by atoms with Crippen LogP contribution in [-0.4, -0.2) is 33.5 Å². The first kappa shape index (κ1) is 17.3. The highest BCUT2D eigenvalue weighted by molar-refractivity contribution is 5.84. The van der Waals surface area contributed by atoms with Crippen molar-refractivity contribution >= 4 is 17.9 Å². The number of ether oxygens (including phenoxy) is 3. The van der Waals surface area contributed by atoms with E-state index >= 15 is 0 Å². The predicted molar refractivity (Wildman–Crippen MR) is 93.3 cm³/mol. The fourth-order valence-electron chi connectivity index (χ4n) is 2.08. The summed E-state index contributed by atoms with van der Waals surface area (Å²) in [6.07, 6.45) is 1.68. The Kier molecular flexibility index (Phi) is 5.78. The van der Waals surface area contributed by atoms with E-state index in [2.05, 4.69) is 5.10 Å². The van der Waals surface area contributed by atoms with Crippen LogP contribution in [0.15, 0.2) is 47.6 Å². The van der Waals surface area contributed by atoms with Crippen LogP contribution in [0.4, 0.5) is 5.69 Å². The van der Waals surface area contributed by atoms with Gasteiger partial charge in [-0.1, -0.05) is 18.2 Å². The van der Waals surface area contributed by atoms with Crippen LogP contribution in [0.2, 0.25) is 0 Å². The van der Waals surface area contributed by atoms with E-state index in [-0.39, 0.29) is 5.75 Å². The van der Waals surface area contributed by atoms with E-state index in [9.17, 15) is 4.79 Å². The molecule has 0 aromatic heterocycles. The molecule has 0 atom stereocenters. The average Bonchev–Trinajstić information content (AvgIpc) is 2.60. The van der Waals surface area contributed by atoms with Gasteiger partial charge >= 0.3 is 5.97 Å². The summed E-state index contributed by atoms with van der Waals surface area (Å²) >= 11 is 0. The quantitative estimate of drug-likeness (QED) is 0.353. The third-order valence-electron chi connectivity index (χ3n) is 3.24. The summed E-state index contributed by atoms with van der Waals surface area (Å²) in [6, 6.07) is 13.2. The van der Waals surface area contributed by atoms with Crippen LogP contribution in [0.3, 0.4) is 0 Å². The minimum absolute atomic E-state index is 0.251. The van der Waals surface area contributed by atoms with E-state index in [1.165, 1.54) is 21.1 Å². The molecule has 0 aliphatic rings. The van der Waals surface area contributed by atoms with Crippen LogP contribution >= 0.6 is 0 Å². The van der Waals surface area contributed by atoms with E-state index < -0.39 is 5.97 Å². The van der Waals surface area contributed by atoms with Crippen LogP contribution in [0.1, 0.15) is 12.5 Å². The Labute approximate surface area is 141 Å². The number of hydrogen-bond donors (Lipinski definition) is 0. The van der Waals surface area contributed by atoms with Gasteiger partial charge in [0, 0.05) is 19.5 Å². The minimum atomic E-state index is -0.447. The number of carbonyl (C=O) groups is 1. The highest BCUT2D eigenvalue weighted by atomic mass is 16.6. The third kappa shape index (κ3) is 4.25. The van der Waals surface area contributed by atoms with Crippen LogP contribution < -0.4 is 19.2 Å². The molecule has 0 heterocycles. The van der Waals surface area contributed by atoms with Crippen molar-refractivity contribution in [3.8, 4) is 17.2 Å². The maximum Gasteiger partial charge on any atom is 0.308 e. The second-order valence-electron chi connectivity index (χ2n) is 4.95. The first-order valence-electron chi connectivity index (χ1n) is 7.32. The summed E-state index contributed by atoms with van der Waals surface area (Å²) in [7, 11) is 4.85. The maximum atomic E-state index is 11.2. The lowest BCUT2D eigenvalue weighted by Gasteiger charge is -2.14.